The summed E-state index contributed by atoms with van der Waals surface area (Å²) in [5.74, 6) is 0.775. The molecular weight excluding hydrogens is 238 g/mol. The van der Waals surface area contributed by atoms with Gasteiger partial charge in [0.2, 0.25) is 0 Å². The fourth-order valence-corrected chi connectivity index (χ4v) is 1.72. The largest absolute Gasteiger partial charge is 0.497 e. The Kier molecular flexibility index (Phi) is 6.29. The second-order valence-electron chi connectivity index (χ2n) is 3.91. The topological polar surface area (TPSA) is 73.3 Å². The summed E-state index contributed by atoms with van der Waals surface area (Å²) < 4.78 is 5.09. The van der Waals surface area contributed by atoms with E-state index in [0.717, 1.165) is 35.8 Å². The van der Waals surface area contributed by atoms with E-state index >= 15 is 0 Å². The molecule has 0 radical (unpaired) electrons. The summed E-state index contributed by atoms with van der Waals surface area (Å²) in [7, 11) is 1.63. The molecule has 0 aliphatic carbocycles. The molecule has 0 aliphatic heterocycles. The smallest absolute Gasteiger partial charge is 0.120 e. The molecule has 1 aromatic rings. The fourth-order valence-electron chi connectivity index (χ4n) is 1.45. The molecule has 96 valence electrons. The van der Waals surface area contributed by atoms with Crippen LogP contribution in [0.5, 0.6) is 5.75 Å². The van der Waals surface area contributed by atoms with Crippen molar-refractivity contribution in [2.24, 2.45) is 11.5 Å². The highest BCUT2D eigenvalue weighted by atomic mass is 35.5. The van der Waals surface area contributed by atoms with Gasteiger partial charge >= 0.3 is 0 Å². The van der Waals surface area contributed by atoms with Crippen LogP contribution in [0.4, 0.5) is 0 Å². The van der Waals surface area contributed by atoms with Crippen molar-refractivity contribution < 1.29 is 4.74 Å². The molecular formula is C12H20ClN3O. The summed E-state index contributed by atoms with van der Waals surface area (Å²) in [6, 6.07) is 5.72. The van der Waals surface area contributed by atoms with Gasteiger partial charge in [0, 0.05) is 24.2 Å². The van der Waals surface area contributed by atoms with Crippen LogP contribution >= 0.6 is 11.6 Å². The molecule has 5 N–H and O–H groups in total. The van der Waals surface area contributed by atoms with E-state index in [0.29, 0.717) is 6.54 Å². The predicted octanol–water partition coefficient (Wildman–Crippen LogP) is 0.767. The van der Waals surface area contributed by atoms with Crippen LogP contribution in [0.3, 0.4) is 0 Å². The third-order valence-electron chi connectivity index (χ3n) is 2.54. The number of hydrogen-bond donors (Lipinski definition) is 3. The Bertz CT molecular complexity index is 347. The zero-order valence-corrected chi connectivity index (χ0v) is 10.8. The van der Waals surface area contributed by atoms with Crippen LogP contribution in [-0.2, 0) is 6.42 Å². The van der Waals surface area contributed by atoms with Gasteiger partial charge in [-0.1, -0.05) is 17.7 Å². The first-order valence-corrected chi connectivity index (χ1v) is 6.04. The van der Waals surface area contributed by atoms with E-state index in [4.69, 9.17) is 27.8 Å². The van der Waals surface area contributed by atoms with Gasteiger partial charge in [-0.2, -0.15) is 0 Å². The summed E-state index contributed by atoms with van der Waals surface area (Å²) in [4.78, 5) is 0. The lowest BCUT2D eigenvalue weighted by atomic mass is 10.1. The Labute approximate surface area is 107 Å². The molecule has 4 nitrogen and oxygen atoms in total. The van der Waals surface area contributed by atoms with Gasteiger partial charge in [0.1, 0.15) is 5.75 Å². The predicted molar refractivity (Wildman–Crippen MR) is 71.6 cm³/mol. The van der Waals surface area contributed by atoms with Crippen LogP contribution in [0.2, 0.25) is 5.02 Å². The number of nitrogens with one attached hydrogen (secondary N) is 1. The molecule has 5 heteroatoms. The molecule has 1 unspecified atom stereocenters. The van der Waals surface area contributed by atoms with Gasteiger partial charge in [0.15, 0.2) is 0 Å². The lowest BCUT2D eigenvalue weighted by Crippen LogP contribution is -2.40. The Balaban J connectivity index is 2.36. The lowest BCUT2D eigenvalue weighted by Gasteiger charge is -2.11. The van der Waals surface area contributed by atoms with Crippen LogP contribution < -0.4 is 21.5 Å². The normalized spacial score (nSPS) is 12.5. The molecule has 0 bridgehead atoms. The van der Waals surface area contributed by atoms with E-state index in [1.165, 1.54) is 0 Å². The van der Waals surface area contributed by atoms with Gasteiger partial charge < -0.3 is 21.5 Å². The second kappa shape index (κ2) is 7.50. The number of halogens is 1. The molecule has 0 heterocycles. The van der Waals surface area contributed by atoms with Crippen LogP contribution in [-0.4, -0.2) is 32.8 Å². The van der Waals surface area contributed by atoms with Gasteiger partial charge in [-0.25, -0.2) is 0 Å². The molecule has 1 rings (SSSR count). The highest BCUT2D eigenvalue weighted by molar-refractivity contribution is 6.31. The third-order valence-corrected chi connectivity index (χ3v) is 2.89. The van der Waals surface area contributed by atoms with Crippen molar-refractivity contribution in [2.75, 3.05) is 26.7 Å². The number of benzene rings is 1. The van der Waals surface area contributed by atoms with Crippen molar-refractivity contribution in [3.63, 3.8) is 0 Å². The van der Waals surface area contributed by atoms with E-state index in [9.17, 15) is 0 Å². The minimum absolute atomic E-state index is 0.0151. The van der Waals surface area contributed by atoms with E-state index in [2.05, 4.69) is 5.32 Å². The van der Waals surface area contributed by atoms with Crippen molar-refractivity contribution in [3.05, 3.63) is 28.8 Å². The van der Waals surface area contributed by atoms with Crippen molar-refractivity contribution in [1.82, 2.24) is 5.32 Å². The first kappa shape index (κ1) is 14.3. The summed E-state index contributed by atoms with van der Waals surface area (Å²) in [6.45, 7) is 2.06. The van der Waals surface area contributed by atoms with Crippen LogP contribution in [0.1, 0.15) is 5.56 Å². The van der Waals surface area contributed by atoms with E-state index in [1.54, 1.807) is 7.11 Å². The molecule has 17 heavy (non-hydrogen) atoms. The van der Waals surface area contributed by atoms with Gasteiger partial charge in [0.05, 0.1) is 7.11 Å². The average Bonchev–Trinajstić information content (AvgIpc) is 2.35. The maximum Gasteiger partial charge on any atom is 0.120 e. The van der Waals surface area contributed by atoms with Crippen LogP contribution in [0.15, 0.2) is 18.2 Å². The standard InChI is InChI=1S/C12H20ClN3O/c1-17-11-3-2-9(12(13)6-11)4-5-16-8-10(15)7-14/h2-3,6,10,16H,4-5,7-8,14-15H2,1H3. The molecule has 0 aromatic heterocycles. The number of ether oxygens (including phenoxy) is 1. The number of nitrogens with two attached hydrogens (primary N) is 2. The first-order chi connectivity index (χ1) is 8.17. The molecule has 1 atom stereocenters. The van der Waals surface area contributed by atoms with Crippen LogP contribution in [0.25, 0.3) is 0 Å². The monoisotopic (exact) mass is 257 g/mol. The zero-order chi connectivity index (χ0) is 12.7. The first-order valence-electron chi connectivity index (χ1n) is 5.66. The lowest BCUT2D eigenvalue weighted by molar-refractivity contribution is 0.414. The van der Waals surface area contributed by atoms with Gasteiger partial charge in [-0.15, -0.1) is 0 Å². The SMILES string of the molecule is COc1ccc(CCNCC(N)CN)c(Cl)c1. The third kappa shape index (κ3) is 4.91. The van der Waals surface area contributed by atoms with Crippen molar-refractivity contribution in [1.29, 1.82) is 0 Å². The minimum Gasteiger partial charge on any atom is -0.497 e. The maximum atomic E-state index is 6.12. The highest BCUT2D eigenvalue weighted by Gasteiger charge is 2.03. The van der Waals surface area contributed by atoms with Gasteiger partial charge in [-0.05, 0) is 30.7 Å². The van der Waals surface area contributed by atoms with Crippen LogP contribution in [0, 0.1) is 0 Å². The Morgan fingerprint density at radius 1 is 1.47 bits per heavy atom. The maximum absolute atomic E-state index is 6.12. The molecule has 1 aromatic carbocycles. The average molecular weight is 258 g/mol. The quantitative estimate of drug-likeness (QED) is 0.631. The molecule has 0 amide bonds. The fraction of sp³-hybridized carbons (Fsp3) is 0.500. The van der Waals surface area contributed by atoms with E-state index in [-0.39, 0.29) is 6.04 Å². The number of rotatable bonds is 7. The highest BCUT2D eigenvalue weighted by Crippen LogP contribution is 2.22. The molecule has 0 saturated heterocycles. The Hall–Kier alpha value is -0.810. The van der Waals surface area contributed by atoms with Gasteiger partial charge in [0.25, 0.3) is 0 Å². The molecule has 0 spiro atoms. The summed E-state index contributed by atoms with van der Waals surface area (Å²) in [5, 5.41) is 3.98. The number of methoxy groups -OCH3 is 1. The number of hydrogen-bond acceptors (Lipinski definition) is 4. The van der Waals surface area contributed by atoms with Crippen molar-refractivity contribution in [2.45, 2.75) is 12.5 Å². The molecule has 0 fully saturated rings. The molecule has 0 aliphatic rings. The zero-order valence-electron chi connectivity index (χ0n) is 10.1. The van der Waals surface area contributed by atoms with Crippen molar-refractivity contribution in [3.8, 4) is 5.75 Å². The minimum atomic E-state index is 0.0151. The Morgan fingerprint density at radius 2 is 2.24 bits per heavy atom. The molecule has 0 saturated carbocycles. The van der Waals surface area contributed by atoms with E-state index in [1.807, 2.05) is 18.2 Å². The van der Waals surface area contributed by atoms with Crippen molar-refractivity contribution >= 4 is 11.6 Å². The second-order valence-corrected chi connectivity index (χ2v) is 4.31. The summed E-state index contributed by atoms with van der Waals surface area (Å²) in [5.41, 5.74) is 12.2. The van der Waals surface area contributed by atoms with E-state index < -0.39 is 0 Å². The summed E-state index contributed by atoms with van der Waals surface area (Å²) in [6.07, 6.45) is 0.861. The Morgan fingerprint density at radius 3 is 2.82 bits per heavy atom. The summed E-state index contributed by atoms with van der Waals surface area (Å²) >= 11 is 6.12. The van der Waals surface area contributed by atoms with Gasteiger partial charge in [-0.3, -0.25) is 0 Å².